The molecule has 0 spiro atoms. The predicted octanol–water partition coefficient (Wildman–Crippen LogP) is 9.09. The zero-order chi connectivity index (χ0) is 28.6. The molecule has 0 aliphatic heterocycles. The van der Waals surface area contributed by atoms with Gasteiger partial charge in [-0.05, 0) is 66.1 Å². The smallest absolute Gasteiger partial charge is 0.343 e. The maximum atomic E-state index is 12.5. The van der Waals surface area contributed by atoms with Crippen molar-refractivity contribution in [2.24, 2.45) is 0 Å². The third-order valence-electron chi connectivity index (χ3n) is 6.78. The molecule has 0 unspecified atom stereocenters. The second kappa shape index (κ2) is 16.9. The van der Waals surface area contributed by atoms with Gasteiger partial charge in [-0.1, -0.05) is 83.3 Å². The molecule has 40 heavy (non-hydrogen) atoms. The van der Waals surface area contributed by atoms with Crippen LogP contribution in [0.15, 0.2) is 72.8 Å². The van der Waals surface area contributed by atoms with Crippen LogP contribution in [0.4, 0.5) is 5.69 Å². The average molecular weight is 546 g/mol. The Bertz CT molecular complexity index is 1200. The number of rotatable bonds is 17. The van der Waals surface area contributed by atoms with Gasteiger partial charge < -0.3 is 9.47 Å². The summed E-state index contributed by atoms with van der Waals surface area (Å²) in [6, 6.07) is 19.4. The van der Waals surface area contributed by atoms with Crippen molar-refractivity contribution in [2.45, 2.75) is 84.0 Å². The standard InChI is InChI=1S/C33H39NO6/c1-2-3-4-5-6-7-8-9-10-11-12-13-32(35)39-30-24-18-28(19-25-30)33(36)40-31-22-16-27(17-23-31)26-14-20-29(21-15-26)34(37)38/h14-25H,2-13H2,1H3. The van der Waals surface area contributed by atoms with Crippen molar-refractivity contribution >= 4 is 17.6 Å². The number of hydrogen-bond acceptors (Lipinski definition) is 6. The van der Waals surface area contributed by atoms with E-state index in [-0.39, 0.29) is 11.7 Å². The van der Waals surface area contributed by atoms with Crippen LogP contribution < -0.4 is 9.47 Å². The van der Waals surface area contributed by atoms with Crippen molar-refractivity contribution in [3.8, 4) is 22.6 Å². The Labute approximate surface area is 236 Å². The van der Waals surface area contributed by atoms with Crippen LogP contribution in [-0.2, 0) is 4.79 Å². The van der Waals surface area contributed by atoms with E-state index in [0.29, 0.717) is 23.5 Å². The van der Waals surface area contributed by atoms with Gasteiger partial charge in [0, 0.05) is 18.6 Å². The number of nitro groups is 1. The van der Waals surface area contributed by atoms with E-state index < -0.39 is 10.9 Å². The fourth-order valence-corrected chi connectivity index (χ4v) is 4.43. The first-order valence-electron chi connectivity index (χ1n) is 14.3. The summed E-state index contributed by atoms with van der Waals surface area (Å²) in [4.78, 5) is 35.1. The molecule has 7 heteroatoms. The molecule has 0 saturated carbocycles. The molecule has 212 valence electrons. The second-order valence-electron chi connectivity index (χ2n) is 10.0. The van der Waals surface area contributed by atoms with E-state index in [1.165, 1.54) is 63.5 Å². The number of carbonyl (C=O) groups excluding carboxylic acids is 2. The van der Waals surface area contributed by atoms with E-state index in [4.69, 9.17) is 9.47 Å². The van der Waals surface area contributed by atoms with E-state index >= 15 is 0 Å². The Morgan fingerprint density at radius 3 is 1.60 bits per heavy atom. The van der Waals surface area contributed by atoms with Gasteiger partial charge in [0.1, 0.15) is 11.5 Å². The summed E-state index contributed by atoms with van der Waals surface area (Å²) in [6.07, 6.45) is 13.9. The lowest BCUT2D eigenvalue weighted by molar-refractivity contribution is -0.384. The lowest BCUT2D eigenvalue weighted by atomic mass is 10.1. The van der Waals surface area contributed by atoms with Gasteiger partial charge in [0.05, 0.1) is 10.5 Å². The third-order valence-corrected chi connectivity index (χ3v) is 6.78. The van der Waals surface area contributed by atoms with E-state index in [0.717, 1.165) is 30.4 Å². The molecular formula is C33H39NO6. The van der Waals surface area contributed by atoms with Crippen molar-refractivity contribution in [3.63, 3.8) is 0 Å². The quantitative estimate of drug-likeness (QED) is 0.0552. The largest absolute Gasteiger partial charge is 0.427 e. The topological polar surface area (TPSA) is 95.7 Å². The number of nitro benzene ring substituents is 1. The van der Waals surface area contributed by atoms with Gasteiger partial charge in [-0.25, -0.2) is 4.79 Å². The van der Waals surface area contributed by atoms with Crippen molar-refractivity contribution in [1.29, 1.82) is 0 Å². The molecule has 0 aromatic heterocycles. The van der Waals surface area contributed by atoms with Crippen molar-refractivity contribution in [2.75, 3.05) is 0 Å². The van der Waals surface area contributed by atoms with Crippen LogP contribution in [0.5, 0.6) is 11.5 Å². The molecular weight excluding hydrogens is 506 g/mol. The summed E-state index contributed by atoms with van der Waals surface area (Å²) >= 11 is 0. The number of benzene rings is 3. The molecule has 3 aromatic rings. The minimum atomic E-state index is -0.526. The monoisotopic (exact) mass is 545 g/mol. The molecule has 0 fully saturated rings. The van der Waals surface area contributed by atoms with Crippen LogP contribution in [0.3, 0.4) is 0 Å². The molecule has 0 radical (unpaired) electrons. The summed E-state index contributed by atoms with van der Waals surface area (Å²) in [5.41, 5.74) is 2.02. The fourth-order valence-electron chi connectivity index (χ4n) is 4.43. The molecule has 7 nitrogen and oxygen atoms in total. The van der Waals surface area contributed by atoms with Gasteiger partial charge in [0.2, 0.25) is 0 Å². The van der Waals surface area contributed by atoms with Gasteiger partial charge in [-0.15, -0.1) is 0 Å². The van der Waals surface area contributed by atoms with Crippen molar-refractivity contribution in [3.05, 3.63) is 88.5 Å². The highest BCUT2D eigenvalue weighted by Gasteiger charge is 2.11. The van der Waals surface area contributed by atoms with Crippen LogP contribution in [0.25, 0.3) is 11.1 Å². The average Bonchev–Trinajstić information content (AvgIpc) is 2.96. The first-order valence-corrected chi connectivity index (χ1v) is 14.3. The molecule has 0 saturated heterocycles. The number of hydrogen-bond donors (Lipinski definition) is 0. The summed E-state index contributed by atoms with van der Waals surface area (Å²) in [6.45, 7) is 2.24. The molecule has 0 aliphatic rings. The van der Waals surface area contributed by atoms with Crippen LogP contribution >= 0.6 is 0 Å². The first-order chi connectivity index (χ1) is 19.5. The minimum absolute atomic E-state index is 0.0272. The summed E-state index contributed by atoms with van der Waals surface area (Å²) in [5, 5.41) is 10.8. The fraction of sp³-hybridized carbons (Fsp3) is 0.394. The van der Waals surface area contributed by atoms with E-state index in [2.05, 4.69) is 6.92 Å². The normalized spacial score (nSPS) is 10.7. The molecule has 0 bridgehead atoms. The van der Waals surface area contributed by atoms with Gasteiger partial charge in [-0.2, -0.15) is 0 Å². The zero-order valence-electron chi connectivity index (χ0n) is 23.3. The zero-order valence-corrected chi connectivity index (χ0v) is 23.3. The SMILES string of the molecule is CCCCCCCCCCCCCC(=O)Oc1ccc(C(=O)Oc2ccc(-c3ccc([N+](=O)[O-])cc3)cc2)cc1. The van der Waals surface area contributed by atoms with Crippen LogP contribution in [0.1, 0.15) is 94.3 Å². The number of nitrogens with zero attached hydrogens (tertiary/aromatic N) is 1. The van der Waals surface area contributed by atoms with Crippen LogP contribution in [-0.4, -0.2) is 16.9 Å². The Hall–Kier alpha value is -4.00. The number of ether oxygens (including phenoxy) is 2. The number of carbonyl (C=O) groups is 2. The Balaban J connectivity index is 1.34. The second-order valence-corrected chi connectivity index (χ2v) is 10.0. The van der Waals surface area contributed by atoms with Gasteiger partial charge in [0.25, 0.3) is 5.69 Å². The molecule has 3 rings (SSSR count). The highest BCUT2D eigenvalue weighted by Crippen LogP contribution is 2.25. The van der Waals surface area contributed by atoms with Gasteiger partial charge >= 0.3 is 11.9 Å². The minimum Gasteiger partial charge on any atom is -0.427 e. The lowest BCUT2D eigenvalue weighted by Crippen LogP contribution is -2.10. The van der Waals surface area contributed by atoms with Crippen LogP contribution in [0.2, 0.25) is 0 Å². The molecule has 0 aliphatic carbocycles. The Morgan fingerprint density at radius 1 is 0.625 bits per heavy atom. The predicted molar refractivity (Wildman–Crippen MR) is 157 cm³/mol. The Kier molecular flexibility index (Phi) is 12.9. The molecule has 0 amide bonds. The molecule has 3 aromatic carbocycles. The summed E-state index contributed by atoms with van der Waals surface area (Å²) < 4.78 is 10.9. The van der Waals surface area contributed by atoms with Crippen molar-refractivity contribution in [1.82, 2.24) is 0 Å². The maximum absolute atomic E-state index is 12.5. The third kappa shape index (κ3) is 10.6. The molecule has 0 atom stereocenters. The van der Waals surface area contributed by atoms with E-state index in [1.54, 1.807) is 60.7 Å². The number of esters is 2. The van der Waals surface area contributed by atoms with Gasteiger partial charge in [-0.3, -0.25) is 14.9 Å². The first kappa shape index (κ1) is 30.5. The molecule has 0 heterocycles. The van der Waals surface area contributed by atoms with Gasteiger partial charge in [0.15, 0.2) is 0 Å². The van der Waals surface area contributed by atoms with E-state index in [1.807, 2.05) is 0 Å². The number of unbranched alkanes of at least 4 members (excludes halogenated alkanes) is 10. The van der Waals surface area contributed by atoms with Crippen molar-refractivity contribution < 1.29 is 24.0 Å². The number of non-ortho nitro benzene ring substituents is 1. The highest BCUT2D eigenvalue weighted by atomic mass is 16.6. The summed E-state index contributed by atoms with van der Waals surface area (Å²) in [7, 11) is 0. The summed E-state index contributed by atoms with van der Waals surface area (Å²) in [5.74, 6) is -0.0171. The highest BCUT2D eigenvalue weighted by molar-refractivity contribution is 5.91. The maximum Gasteiger partial charge on any atom is 0.343 e. The van der Waals surface area contributed by atoms with E-state index in [9.17, 15) is 19.7 Å². The van der Waals surface area contributed by atoms with Crippen LogP contribution in [0, 0.1) is 10.1 Å². The lowest BCUT2D eigenvalue weighted by Gasteiger charge is -2.08. The Morgan fingerprint density at radius 2 is 1.07 bits per heavy atom. The molecule has 0 N–H and O–H groups in total.